The molecule has 5 heteroatoms. The molecular weight excluding hydrogens is 388 g/mol. The molecular formula is C26H44N2O3. The van der Waals surface area contributed by atoms with Crippen LogP contribution in [0, 0.1) is 0 Å². The molecule has 1 aromatic carbocycles. The molecule has 31 heavy (non-hydrogen) atoms. The molecule has 0 spiro atoms. The fraction of sp³-hybridized carbons (Fsp3) is 0.654. The molecule has 0 saturated carbocycles. The Balaban J connectivity index is 2.04. The highest BCUT2D eigenvalue weighted by molar-refractivity contribution is 5.74. The van der Waals surface area contributed by atoms with Crippen molar-refractivity contribution in [2.45, 2.75) is 96.1 Å². The van der Waals surface area contributed by atoms with Gasteiger partial charge >= 0.3 is 6.03 Å². The second kappa shape index (κ2) is 18.9. The number of carbonyl (C=O) groups excluding carboxylic acids is 1. The summed E-state index contributed by atoms with van der Waals surface area (Å²) in [5.74, 6) is 0. The fourth-order valence-corrected chi connectivity index (χ4v) is 3.53. The van der Waals surface area contributed by atoms with Crippen LogP contribution in [-0.2, 0) is 0 Å². The second-order valence-corrected chi connectivity index (χ2v) is 8.34. The largest absolute Gasteiger partial charge is 0.394 e. The normalized spacial score (nSPS) is 13.3. The van der Waals surface area contributed by atoms with E-state index in [0.29, 0.717) is 6.54 Å². The van der Waals surface area contributed by atoms with Gasteiger partial charge in [0, 0.05) is 6.54 Å². The monoisotopic (exact) mass is 432 g/mol. The van der Waals surface area contributed by atoms with E-state index in [4.69, 9.17) is 0 Å². The molecule has 0 aliphatic carbocycles. The summed E-state index contributed by atoms with van der Waals surface area (Å²) in [6.45, 7) is 2.54. The topological polar surface area (TPSA) is 81.6 Å². The molecule has 1 rings (SSSR count). The molecule has 2 unspecified atom stereocenters. The molecule has 176 valence electrons. The zero-order valence-corrected chi connectivity index (χ0v) is 19.4. The van der Waals surface area contributed by atoms with E-state index in [0.717, 1.165) is 18.4 Å². The van der Waals surface area contributed by atoms with Crippen LogP contribution in [-0.4, -0.2) is 41.5 Å². The molecule has 0 aliphatic heterocycles. The zero-order valence-electron chi connectivity index (χ0n) is 19.4. The van der Waals surface area contributed by atoms with E-state index in [-0.39, 0.29) is 12.6 Å². The molecule has 2 atom stereocenters. The molecule has 1 aromatic rings. The van der Waals surface area contributed by atoms with Crippen molar-refractivity contribution in [2.24, 2.45) is 0 Å². The Morgan fingerprint density at radius 3 is 2.00 bits per heavy atom. The van der Waals surface area contributed by atoms with Crippen LogP contribution in [0.4, 0.5) is 4.79 Å². The van der Waals surface area contributed by atoms with Gasteiger partial charge in [-0.1, -0.05) is 120 Å². The minimum atomic E-state index is -0.956. The zero-order chi connectivity index (χ0) is 22.6. The molecule has 0 fully saturated rings. The SMILES string of the molecule is CCCCCCCCCCCCCCNC(=O)NC(CO)C(O)C=Cc1ccccc1. The van der Waals surface area contributed by atoms with Crippen LogP contribution < -0.4 is 10.6 Å². The van der Waals surface area contributed by atoms with Gasteiger partial charge < -0.3 is 20.8 Å². The van der Waals surface area contributed by atoms with Gasteiger partial charge in [0.15, 0.2) is 0 Å². The summed E-state index contributed by atoms with van der Waals surface area (Å²) in [5, 5.41) is 25.2. The first-order valence-corrected chi connectivity index (χ1v) is 12.2. The van der Waals surface area contributed by atoms with Gasteiger partial charge in [-0.25, -0.2) is 4.79 Å². The maximum Gasteiger partial charge on any atom is 0.315 e. The quantitative estimate of drug-likeness (QED) is 0.234. The Kier molecular flexibility index (Phi) is 16.6. The minimum absolute atomic E-state index is 0.327. The van der Waals surface area contributed by atoms with Gasteiger partial charge in [-0.05, 0) is 12.0 Å². The third-order valence-corrected chi connectivity index (χ3v) is 5.53. The molecule has 0 aliphatic rings. The number of rotatable bonds is 18. The van der Waals surface area contributed by atoms with Gasteiger partial charge in [-0.15, -0.1) is 0 Å². The van der Waals surface area contributed by atoms with Crippen molar-refractivity contribution >= 4 is 12.1 Å². The third-order valence-electron chi connectivity index (χ3n) is 5.53. The lowest BCUT2D eigenvalue weighted by Gasteiger charge is -2.20. The first-order valence-electron chi connectivity index (χ1n) is 12.2. The highest BCUT2D eigenvalue weighted by Gasteiger charge is 2.18. The Labute approximate surface area is 189 Å². The first kappa shape index (κ1) is 27.2. The number of benzene rings is 1. The summed E-state index contributed by atoms with van der Waals surface area (Å²) in [6, 6.07) is 8.51. The standard InChI is InChI=1S/C26H44N2O3/c1-2-3-4-5-6-7-8-9-10-11-12-16-21-27-26(31)28-24(22-29)25(30)20-19-23-17-14-13-15-18-23/h13-15,17-20,24-25,29-30H,2-12,16,21-22H2,1H3,(H2,27,28,31). The summed E-state index contributed by atoms with van der Waals surface area (Å²) < 4.78 is 0. The van der Waals surface area contributed by atoms with Crippen molar-refractivity contribution in [3.8, 4) is 0 Å². The van der Waals surface area contributed by atoms with E-state index in [9.17, 15) is 15.0 Å². The fourth-order valence-electron chi connectivity index (χ4n) is 3.53. The summed E-state index contributed by atoms with van der Waals surface area (Å²) in [7, 11) is 0. The van der Waals surface area contributed by atoms with Crippen LogP contribution in [0.5, 0.6) is 0 Å². The lowest BCUT2D eigenvalue weighted by atomic mass is 10.1. The minimum Gasteiger partial charge on any atom is -0.394 e. The highest BCUT2D eigenvalue weighted by atomic mass is 16.3. The van der Waals surface area contributed by atoms with E-state index in [1.807, 2.05) is 30.3 Å². The van der Waals surface area contributed by atoms with Crippen LogP contribution in [0.25, 0.3) is 6.08 Å². The van der Waals surface area contributed by atoms with Crippen LogP contribution in [0.1, 0.15) is 89.5 Å². The number of amides is 2. The summed E-state index contributed by atoms with van der Waals surface area (Å²) in [5.41, 5.74) is 0.953. The second-order valence-electron chi connectivity index (χ2n) is 8.34. The van der Waals surface area contributed by atoms with Crippen molar-refractivity contribution in [2.75, 3.05) is 13.2 Å². The summed E-state index contributed by atoms with van der Waals surface area (Å²) in [4.78, 5) is 12.0. The van der Waals surface area contributed by atoms with Crippen LogP contribution in [0.15, 0.2) is 36.4 Å². The third kappa shape index (κ3) is 14.7. The number of unbranched alkanes of at least 4 members (excludes halogenated alkanes) is 11. The van der Waals surface area contributed by atoms with E-state index in [1.165, 1.54) is 64.2 Å². The molecule has 4 N–H and O–H groups in total. The lowest BCUT2D eigenvalue weighted by Crippen LogP contribution is -2.49. The number of nitrogens with one attached hydrogen (secondary N) is 2. The van der Waals surface area contributed by atoms with Gasteiger partial charge in [0.2, 0.25) is 0 Å². The number of aliphatic hydroxyl groups is 2. The van der Waals surface area contributed by atoms with E-state index >= 15 is 0 Å². The van der Waals surface area contributed by atoms with Crippen molar-refractivity contribution < 1.29 is 15.0 Å². The molecule has 2 amide bonds. The average Bonchev–Trinajstić information content (AvgIpc) is 2.79. The molecule has 0 heterocycles. The Morgan fingerprint density at radius 2 is 1.45 bits per heavy atom. The van der Waals surface area contributed by atoms with Gasteiger partial charge in [0.1, 0.15) is 0 Å². The number of carbonyl (C=O) groups is 1. The highest BCUT2D eigenvalue weighted by Crippen LogP contribution is 2.11. The predicted molar refractivity (Wildman–Crippen MR) is 130 cm³/mol. The van der Waals surface area contributed by atoms with Crippen LogP contribution in [0.2, 0.25) is 0 Å². The predicted octanol–water partition coefficient (Wildman–Crippen LogP) is 5.42. The van der Waals surface area contributed by atoms with Crippen molar-refractivity contribution in [3.63, 3.8) is 0 Å². The smallest absolute Gasteiger partial charge is 0.315 e. The van der Waals surface area contributed by atoms with E-state index in [2.05, 4.69) is 17.6 Å². The van der Waals surface area contributed by atoms with Crippen LogP contribution >= 0.6 is 0 Å². The maximum absolute atomic E-state index is 12.0. The first-order chi connectivity index (χ1) is 15.2. The Hall–Kier alpha value is -1.85. The van der Waals surface area contributed by atoms with Crippen LogP contribution in [0.3, 0.4) is 0 Å². The van der Waals surface area contributed by atoms with Gasteiger partial charge in [0.25, 0.3) is 0 Å². The number of hydrogen-bond donors (Lipinski definition) is 4. The average molecular weight is 433 g/mol. The van der Waals surface area contributed by atoms with Gasteiger partial charge in [0.05, 0.1) is 18.8 Å². The maximum atomic E-state index is 12.0. The van der Waals surface area contributed by atoms with Gasteiger partial charge in [-0.2, -0.15) is 0 Å². The van der Waals surface area contributed by atoms with Crippen molar-refractivity contribution in [3.05, 3.63) is 42.0 Å². The Bertz CT molecular complexity index is 577. The molecule has 0 saturated heterocycles. The Morgan fingerprint density at radius 1 is 0.903 bits per heavy atom. The van der Waals surface area contributed by atoms with Crippen molar-refractivity contribution in [1.29, 1.82) is 0 Å². The molecule has 0 bridgehead atoms. The summed E-state index contributed by atoms with van der Waals surface area (Å²) in [6.07, 6.45) is 17.8. The number of hydrogen-bond acceptors (Lipinski definition) is 3. The summed E-state index contributed by atoms with van der Waals surface area (Å²) >= 11 is 0. The molecule has 5 nitrogen and oxygen atoms in total. The van der Waals surface area contributed by atoms with E-state index < -0.39 is 12.1 Å². The molecule has 0 radical (unpaired) electrons. The van der Waals surface area contributed by atoms with E-state index in [1.54, 1.807) is 12.2 Å². The number of urea groups is 1. The van der Waals surface area contributed by atoms with Gasteiger partial charge in [-0.3, -0.25) is 0 Å². The number of aliphatic hydroxyl groups excluding tert-OH is 2. The van der Waals surface area contributed by atoms with Crippen molar-refractivity contribution in [1.82, 2.24) is 10.6 Å². The molecule has 0 aromatic heterocycles. The lowest BCUT2D eigenvalue weighted by molar-refractivity contribution is 0.126.